The van der Waals surface area contributed by atoms with Crippen molar-refractivity contribution in [3.63, 3.8) is 0 Å². The maximum Gasteiger partial charge on any atom is 0.362 e. The zero-order chi connectivity index (χ0) is 24.3. The van der Waals surface area contributed by atoms with Crippen molar-refractivity contribution in [1.29, 1.82) is 0 Å². The van der Waals surface area contributed by atoms with Crippen molar-refractivity contribution in [2.45, 2.75) is 11.4 Å². The monoisotopic (exact) mass is 481 g/mol. The van der Waals surface area contributed by atoms with Crippen LogP contribution in [0.1, 0.15) is 16.1 Å². The fourth-order valence-electron chi connectivity index (χ4n) is 3.37. The third-order valence-electron chi connectivity index (χ3n) is 5.03. The number of sulfonamides is 1. The van der Waals surface area contributed by atoms with E-state index in [-0.39, 0.29) is 28.6 Å². The van der Waals surface area contributed by atoms with Gasteiger partial charge in [0.1, 0.15) is 5.75 Å². The van der Waals surface area contributed by atoms with E-state index in [1.165, 1.54) is 54.4 Å². The quantitative estimate of drug-likeness (QED) is 0.319. The predicted octanol–water partition coefficient (Wildman–Crippen LogP) is 3.61. The Morgan fingerprint density at radius 3 is 2.38 bits per heavy atom. The number of hydrogen-bond donors (Lipinski definition) is 1. The molecule has 1 heterocycles. The molecular weight excluding hydrogens is 461 g/mol. The van der Waals surface area contributed by atoms with E-state index in [1.54, 1.807) is 6.07 Å². The Morgan fingerprint density at radius 2 is 1.76 bits per heavy atom. The molecule has 0 aliphatic heterocycles. The highest BCUT2D eigenvalue weighted by Crippen LogP contribution is 2.29. The van der Waals surface area contributed by atoms with Gasteiger partial charge in [-0.3, -0.25) is 4.68 Å². The molecule has 0 aliphatic rings. The molecule has 174 valence electrons. The lowest BCUT2D eigenvalue weighted by Crippen LogP contribution is -2.17. The largest absolute Gasteiger partial charge is 0.494 e. The Hall–Kier alpha value is -4.02. The zero-order valence-corrected chi connectivity index (χ0v) is 18.8. The third-order valence-corrected chi connectivity index (χ3v) is 5.96. The first kappa shape index (κ1) is 23.1. The molecule has 0 unspecified atom stereocenters. The van der Waals surface area contributed by atoms with Gasteiger partial charge < -0.3 is 9.47 Å². The molecule has 34 heavy (non-hydrogen) atoms. The molecule has 3 aromatic carbocycles. The van der Waals surface area contributed by atoms with E-state index in [9.17, 15) is 17.6 Å². The van der Waals surface area contributed by atoms with Gasteiger partial charge in [-0.2, -0.15) is 5.10 Å². The number of ether oxygens (including phenoxy) is 2. The minimum absolute atomic E-state index is 0.0690. The van der Waals surface area contributed by atoms with Gasteiger partial charge >= 0.3 is 5.97 Å². The lowest BCUT2D eigenvalue weighted by Gasteiger charge is -2.11. The summed E-state index contributed by atoms with van der Waals surface area (Å²) in [6.45, 7) is 0.272. The van der Waals surface area contributed by atoms with Crippen molar-refractivity contribution in [3.05, 3.63) is 96.1 Å². The molecule has 4 aromatic rings. The molecule has 1 aromatic heterocycles. The second kappa shape index (κ2) is 9.46. The summed E-state index contributed by atoms with van der Waals surface area (Å²) in [4.78, 5) is 13.1. The van der Waals surface area contributed by atoms with Gasteiger partial charge in [0, 0.05) is 5.56 Å². The summed E-state index contributed by atoms with van der Waals surface area (Å²) in [5.41, 5.74) is 1.77. The van der Waals surface area contributed by atoms with Crippen LogP contribution in [0, 0.1) is 5.82 Å². The summed E-state index contributed by atoms with van der Waals surface area (Å²) in [6, 6.07) is 18.8. The van der Waals surface area contributed by atoms with E-state index < -0.39 is 21.8 Å². The highest BCUT2D eigenvalue weighted by Gasteiger charge is 2.23. The Morgan fingerprint density at radius 1 is 1.06 bits per heavy atom. The highest BCUT2D eigenvalue weighted by molar-refractivity contribution is 7.89. The Labute approximate surface area is 195 Å². The minimum Gasteiger partial charge on any atom is -0.494 e. The molecule has 0 bridgehead atoms. The van der Waals surface area contributed by atoms with Crippen LogP contribution < -0.4 is 14.6 Å². The van der Waals surface area contributed by atoms with Crippen LogP contribution in [0.5, 0.6) is 11.5 Å². The van der Waals surface area contributed by atoms with Crippen LogP contribution in [0.4, 0.5) is 4.39 Å². The first-order chi connectivity index (χ1) is 16.3. The number of hydrogen-bond acceptors (Lipinski definition) is 6. The lowest BCUT2D eigenvalue weighted by atomic mass is 10.1. The van der Waals surface area contributed by atoms with E-state index >= 15 is 0 Å². The van der Waals surface area contributed by atoms with Gasteiger partial charge in [0.05, 0.1) is 24.7 Å². The van der Waals surface area contributed by atoms with Crippen LogP contribution in [0.15, 0.2) is 83.9 Å². The van der Waals surface area contributed by atoms with Crippen LogP contribution >= 0.6 is 0 Å². The molecule has 0 saturated carbocycles. The summed E-state index contributed by atoms with van der Waals surface area (Å²) in [7, 11) is -2.52. The van der Waals surface area contributed by atoms with Crippen LogP contribution in [0.2, 0.25) is 0 Å². The molecule has 0 radical (unpaired) electrons. The number of nitrogens with zero attached hydrogens (tertiary/aromatic N) is 2. The fraction of sp³-hybridized carbons (Fsp3) is 0.0833. The standard InChI is InChI=1S/C24H20FN3O5S/c1-32-22-12-7-17(13-21(22)25)20-14-27-28(15-16-5-3-2-4-6-16)23(20)24(29)33-18-8-10-19(11-9-18)34(26,30)31/h2-14H,15H2,1H3,(H2,26,30,31). The number of nitrogens with two attached hydrogens (primary N) is 1. The average Bonchev–Trinajstić information content (AvgIpc) is 3.23. The molecule has 0 fully saturated rings. The number of methoxy groups -OCH3 is 1. The molecule has 0 saturated heterocycles. The number of aromatic nitrogens is 2. The van der Waals surface area contributed by atoms with Crippen LogP contribution in [0.25, 0.3) is 11.1 Å². The topological polar surface area (TPSA) is 114 Å². The minimum atomic E-state index is -3.89. The van der Waals surface area contributed by atoms with E-state index in [1.807, 2.05) is 30.3 Å². The number of rotatable bonds is 7. The number of benzene rings is 3. The number of esters is 1. The summed E-state index contributed by atoms with van der Waals surface area (Å²) < 4.78 is 49.2. The van der Waals surface area contributed by atoms with Crippen LogP contribution in [-0.2, 0) is 16.6 Å². The molecule has 0 amide bonds. The summed E-state index contributed by atoms with van der Waals surface area (Å²) in [5.74, 6) is -1.16. The maximum atomic E-state index is 14.4. The van der Waals surface area contributed by atoms with Crippen molar-refractivity contribution in [1.82, 2.24) is 9.78 Å². The first-order valence-electron chi connectivity index (χ1n) is 10.0. The van der Waals surface area contributed by atoms with Crippen molar-refractivity contribution in [2.24, 2.45) is 5.14 Å². The molecule has 0 atom stereocenters. The summed E-state index contributed by atoms with van der Waals surface area (Å²) in [5, 5.41) is 9.44. The van der Waals surface area contributed by atoms with Gasteiger partial charge in [-0.15, -0.1) is 0 Å². The molecule has 4 rings (SSSR count). The average molecular weight is 482 g/mol. The maximum absolute atomic E-state index is 14.4. The van der Waals surface area contributed by atoms with Crippen LogP contribution in [-0.4, -0.2) is 31.3 Å². The molecule has 2 N–H and O–H groups in total. The summed E-state index contributed by atoms with van der Waals surface area (Å²) in [6.07, 6.45) is 1.46. The molecule has 10 heteroatoms. The van der Waals surface area contributed by atoms with Crippen molar-refractivity contribution in [3.8, 4) is 22.6 Å². The van der Waals surface area contributed by atoms with Gasteiger partial charge in [-0.25, -0.2) is 22.7 Å². The molecular formula is C24H20FN3O5S. The predicted molar refractivity (Wildman–Crippen MR) is 122 cm³/mol. The van der Waals surface area contributed by atoms with Crippen molar-refractivity contribution < 1.29 is 27.1 Å². The highest BCUT2D eigenvalue weighted by atomic mass is 32.2. The summed E-state index contributed by atoms with van der Waals surface area (Å²) >= 11 is 0. The number of carbonyl (C=O) groups is 1. The lowest BCUT2D eigenvalue weighted by molar-refractivity contribution is 0.0723. The number of primary sulfonamides is 1. The third kappa shape index (κ3) is 4.98. The zero-order valence-electron chi connectivity index (χ0n) is 18.0. The first-order valence-corrected chi connectivity index (χ1v) is 11.6. The molecule has 0 aliphatic carbocycles. The SMILES string of the molecule is COc1ccc(-c2cnn(Cc3ccccc3)c2C(=O)Oc2ccc(S(N)(=O)=O)cc2)cc1F. The van der Waals surface area contributed by atoms with E-state index in [0.29, 0.717) is 11.1 Å². The van der Waals surface area contributed by atoms with Gasteiger partial charge in [-0.05, 0) is 47.5 Å². The second-order valence-electron chi connectivity index (χ2n) is 7.31. The van der Waals surface area contributed by atoms with E-state index in [2.05, 4.69) is 5.10 Å². The smallest absolute Gasteiger partial charge is 0.362 e. The molecule has 8 nitrogen and oxygen atoms in total. The van der Waals surface area contributed by atoms with Crippen molar-refractivity contribution in [2.75, 3.05) is 7.11 Å². The Balaban J connectivity index is 1.72. The van der Waals surface area contributed by atoms with Gasteiger partial charge in [0.2, 0.25) is 10.0 Å². The normalized spacial score (nSPS) is 11.3. The molecule has 0 spiro atoms. The number of carbonyl (C=O) groups excluding carboxylic acids is 1. The fourth-order valence-corrected chi connectivity index (χ4v) is 3.89. The Kier molecular flexibility index (Phi) is 6.44. The van der Waals surface area contributed by atoms with E-state index in [0.717, 1.165) is 5.56 Å². The van der Waals surface area contributed by atoms with E-state index in [4.69, 9.17) is 14.6 Å². The van der Waals surface area contributed by atoms with Gasteiger partial charge in [0.15, 0.2) is 17.3 Å². The number of halogens is 1. The Bertz CT molecular complexity index is 1440. The second-order valence-corrected chi connectivity index (χ2v) is 8.87. The van der Waals surface area contributed by atoms with Gasteiger partial charge in [-0.1, -0.05) is 36.4 Å². The van der Waals surface area contributed by atoms with Crippen LogP contribution in [0.3, 0.4) is 0 Å². The van der Waals surface area contributed by atoms with Gasteiger partial charge in [0.25, 0.3) is 0 Å². The van der Waals surface area contributed by atoms with Crippen molar-refractivity contribution >= 4 is 16.0 Å².